The minimum Gasteiger partial charge on any atom is -0.507 e. The average Bonchev–Trinajstić information content (AvgIpc) is 3.64. The summed E-state index contributed by atoms with van der Waals surface area (Å²) in [5.41, 5.74) is 15.7. The molecule has 3 nitrogen and oxygen atoms in total. The van der Waals surface area contributed by atoms with Crippen LogP contribution in [-0.2, 0) is 21.7 Å². The molecule has 320 valence electrons. The van der Waals surface area contributed by atoms with E-state index in [1.807, 2.05) is 12.1 Å². The second kappa shape index (κ2) is 15.9. The molecular formula is C60H64N2O. The van der Waals surface area contributed by atoms with Gasteiger partial charge in [0.1, 0.15) is 11.6 Å². The van der Waals surface area contributed by atoms with E-state index in [-0.39, 0.29) is 27.4 Å². The van der Waals surface area contributed by atoms with E-state index in [2.05, 4.69) is 209 Å². The maximum atomic E-state index is 12.6. The van der Waals surface area contributed by atoms with Crippen LogP contribution in [-0.4, -0.2) is 14.7 Å². The summed E-state index contributed by atoms with van der Waals surface area (Å²) in [6.07, 6.45) is 0. The minimum absolute atomic E-state index is 0.0877. The normalized spacial score (nSPS) is 13.5. The SMILES string of the molecule is [2H]C([2H])([2H])c1ccc(-c2cccc(-c3cc(-c4cccc5c4nc(-c4cc(C(C)(C)C)cc(C(C)(C)C)c4O)n5-c4ccc(C(C)(C)C)cc4-c4ccccc4)cc(C(C)(C)C)c3)c2)cc1. The van der Waals surface area contributed by atoms with E-state index in [0.717, 1.165) is 72.4 Å². The smallest absolute Gasteiger partial charge is 0.149 e. The Balaban J connectivity index is 1.43. The molecule has 0 atom stereocenters. The van der Waals surface area contributed by atoms with Crippen molar-refractivity contribution in [1.82, 2.24) is 9.55 Å². The highest BCUT2D eigenvalue weighted by molar-refractivity contribution is 5.98. The number of imidazole rings is 1. The van der Waals surface area contributed by atoms with Crippen LogP contribution >= 0.6 is 0 Å². The summed E-state index contributed by atoms with van der Waals surface area (Å²) in [5, 5.41) is 12.6. The highest BCUT2D eigenvalue weighted by Crippen LogP contribution is 2.46. The zero-order valence-corrected chi connectivity index (χ0v) is 39.2. The van der Waals surface area contributed by atoms with Crippen LogP contribution in [0, 0.1) is 6.85 Å². The Bertz CT molecular complexity index is 3090. The van der Waals surface area contributed by atoms with Crippen molar-refractivity contribution in [3.05, 3.63) is 173 Å². The van der Waals surface area contributed by atoms with Gasteiger partial charge >= 0.3 is 0 Å². The number of benzene rings is 7. The largest absolute Gasteiger partial charge is 0.507 e. The van der Waals surface area contributed by atoms with Crippen molar-refractivity contribution < 1.29 is 9.22 Å². The van der Waals surface area contributed by atoms with E-state index in [4.69, 9.17) is 9.10 Å². The number of hydrogen-bond acceptors (Lipinski definition) is 2. The molecule has 63 heavy (non-hydrogen) atoms. The van der Waals surface area contributed by atoms with Gasteiger partial charge in [-0.05, 0) is 115 Å². The quantitative estimate of drug-likeness (QED) is 0.181. The predicted molar refractivity (Wildman–Crippen MR) is 269 cm³/mol. The van der Waals surface area contributed by atoms with Crippen molar-refractivity contribution >= 4 is 11.0 Å². The molecule has 0 fully saturated rings. The molecule has 1 aromatic heterocycles. The molecule has 0 saturated heterocycles. The van der Waals surface area contributed by atoms with Crippen molar-refractivity contribution in [3.63, 3.8) is 0 Å². The van der Waals surface area contributed by atoms with Crippen LogP contribution in [0.15, 0.2) is 146 Å². The van der Waals surface area contributed by atoms with Crippen LogP contribution in [0.3, 0.4) is 0 Å². The molecule has 3 heteroatoms. The Morgan fingerprint density at radius 2 is 1.02 bits per heavy atom. The molecule has 0 aliphatic rings. The summed E-state index contributed by atoms with van der Waals surface area (Å²) in [6, 6.07) is 50.7. The van der Waals surface area contributed by atoms with Crippen LogP contribution < -0.4 is 0 Å². The van der Waals surface area contributed by atoms with Gasteiger partial charge in [0.25, 0.3) is 0 Å². The highest BCUT2D eigenvalue weighted by atomic mass is 16.3. The van der Waals surface area contributed by atoms with Gasteiger partial charge in [0.05, 0.1) is 22.3 Å². The van der Waals surface area contributed by atoms with Gasteiger partial charge < -0.3 is 5.11 Å². The highest BCUT2D eigenvalue weighted by Gasteiger charge is 2.30. The number of hydrogen-bond donors (Lipinski definition) is 1. The number of aromatic hydroxyl groups is 1. The molecule has 0 aliphatic heterocycles. The molecule has 0 aliphatic carbocycles. The summed E-state index contributed by atoms with van der Waals surface area (Å²) in [5.74, 6) is 0.919. The molecular weight excluding hydrogens is 765 g/mol. The molecule has 0 bridgehead atoms. The van der Waals surface area contributed by atoms with Crippen molar-refractivity contribution in [3.8, 4) is 67.3 Å². The van der Waals surface area contributed by atoms with Crippen molar-refractivity contribution in [2.24, 2.45) is 0 Å². The first-order valence-electron chi connectivity index (χ1n) is 23.8. The summed E-state index contributed by atoms with van der Waals surface area (Å²) in [4.78, 5) is 5.68. The van der Waals surface area contributed by atoms with Crippen LogP contribution in [0.25, 0.3) is 72.6 Å². The number of phenols is 1. The number of rotatable bonds is 6. The summed E-state index contributed by atoms with van der Waals surface area (Å²) >= 11 is 0. The monoisotopic (exact) mass is 832 g/mol. The lowest BCUT2D eigenvalue weighted by Crippen LogP contribution is -2.17. The number of fused-ring (bicyclic) bond motifs is 1. The molecule has 1 N–H and O–H groups in total. The third kappa shape index (κ3) is 8.63. The van der Waals surface area contributed by atoms with Crippen LogP contribution in [0.1, 0.15) is 115 Å². The van der Waals surface area contributed by atoms with Gasteiger partial charge in [-0.3, -0.25) is 4.57 Å². The molecule has 0 radical (unpaired) electrons. The fraction of sp³-hybridized carbons (Fsp3) is 0.283. The minimum atomic E-state index is -2.16. The molecule has 8 rings (SSSR count). The number of nitrogens with zero attached hydrogens (tertiary/aromatic N) is 2. The lowest BCUT2D eigenvalue weighted by Gasteiger charge is -2.28. The third-order valence-electron chi connectivity index (χ3n) is 12.4. The summed E-state index contributed by atoms with van der Waals surface area (Å²) in [6.45, 7) is 24.5. The average molecular weight is 832 g/mol. The third-order valence-corrected chi connectivity index (χ3v) is 12.4. The fourth-order valence-corrected chi connectivity index (χ4v) is 8.54. The number of phenolic OH excluding ortho intramolecular Hbond substituents is 1. The zero-order valence-electron chi connectivity index (χ0n) is 42.2. The van der Waals surface area contributed by atoms with Crippen molar-refractivity contribution in [2.45, 2.75) is 112 Å². The lowest BCUT2D eigenvalue weighted by atomic mass is 9.79. The van der Waals surface area contributed by atoms with Gasteiger partial charge in [-0.15, -0.1) is 0 Å². The number of para-hydroxylation sites is 1. The van der Waals surface area contributed by atoms with E-state index in [9.17, 15) is 5.11 Å². The van der Waals surface area contributed by atoms with E-state index in [1.54, 1.807) is 12.1 Å². The molecule has 0 unspecified atom stereocenters. The summed E-state index contributed by atoms with van der Waals surface area (Å²) < 4.78 is 25.9. The topological polar surface area (TPSA) is 38.1 Å². The Kier molecular flexibility index (Phi) is 9.98. The van der Waals surface area contributed by atoms with Crippen LogP contribution in [0.5, 0.6) is 5.75 Å². The standard InChI is InChI=1S/C60H64N2O/c1-38-25-27-39(28-26-38)41-21-17-22-42(31-41)43-32-44(34-46(33-43)58(5,6)7)48-23-18-24-53-54(48)61-56(50-36-47(59(8,9)10)37-51(55(50)63)60(11,12)13)62(53)52-30-29-45(57(2,3)4)35-49(52)40-19-15-14-16-20-40/h14-37,63H,1-13H3/i1D3. The number of aryl methyl sites for hydroxylation is 1. The van der Waals surface area contributed by atoms with Crippen molar-refractivity contribution in [1.29, 1.82) is 0 Å². The first kappa shape index (κ1) is 39.6. The van der Waals surface area contributed by atoms with E-state index >= 15 is 0 Å². The fourth-order valence-electron chi connectivity index (χ4n) is 8.54. The molecule has 1 heterocycles. The predicted octanol–water partition coefficient (Wildman–Crippen LogP) is 16.6. The molecule has 0 amide bonds. The second-order valence-corrected chi connectivity index (χ2v) is 21.4. The van der Waals surface area contributed by atoms with Gasteiger partial charge in [0.15, 0.2) is 0 Å². The van der Waals surface area contributed by atoms with E-state index in [1.165, 1.54) is 11.1 Å². The summed E-state index contributed by atoms with van der Waals surface area (Å²) in [7, 11) is 0. The lowest BCUT2D eigenvalue weighted by molar-refractivity contribution is 0.446. The Labute approximate surface area is 380 Å². The zero-order chi connectivity index (χ0) is 47.7. The first-order valence-corrected chi connectivity index (χ1v) is 22.3. The first-order chi connectivity index (χ1) is 30.8. The van der Waals surface area contributed by atoms with Crippen LogP contribution in [0.2, 0.25) is 0 Å². The maximum absolute atomic E-state index is 12.6. The molecule has 0 spiro atoms. The second-order valence-electron chi connectivity index (χ2n) is 21.4. The molecule has 7 aromatic carbocycles. The van der Waals surface area contributed by atoms with E-state index in [0.29, 0.717) is 17.0 Å². The maximum Gasteiger partial charge on any atom is 0.149 e. The van der Waals surface area contributed by atoms with Crippen molar-refractivity contribution in [2.75, 3.05) is 0 Å². The Morgan fingerprint density at radius 3 is 1.65 bits per heavy atom. The van der Waals surface area contributed by atoms with Gasteiger partial charge in [0.2, 0.25) is 0 Å². The van der Waals surface area contributed by atoms with Gasteiger partial charge in [-0.1, -0.05) is 198 Å². The Hall–Kier alpha value is -6.19. The van der Waals surface area contributed by atoms with Gasteiger partial charge in [-0.2, -0.15) is 0 Å². The number of aromatic nitrogens is 2. The van der Waals surface area contributed by atoms with Gasteiger partial charge in [-0.25, -0.2) is 4.98 Å². The van der Waals surface area contributed by atoms with Crippen LogP contribution in [0.4, 0.5) is 0 Å². The van der Waals surface area contributed by atoms with E-state index < -0.39 is 6.85 Å². The molecule has 8 aromatic rings. The molecule has 0 saturated carbocycles. The van der Waals surface area contributed by atoms with Gasteiger partial charge in [0, 0.05) is 20.8 Å². The Morgan fingerprint density at radius 1 is 0.444 bits per heavy atom.